The minimum atomic E-state index is -0.342. The van der Waals surface area contributed by atoms with Gasteiger partial charge in [0.2, 0.25) is 0 Å². The van der Waals surface area contributed by atoms with E-state index in [-0.39, 0.29) is 17.5 Å². The van der Waals surface area contributed by atoms with E-state index in [9.17, 15) is 9.59 Å². The third-order valence-electron chi connectivity index (χ3n) is 4.33. The van der Waals surface area contributed by atoms with Crippen molar-refractivity contribution >= 4 is 17.5 Å². The average Bonchev–Trinajstić information content (AvgIpc) is 2.78. The molecular weight excluding hydrogens is 366 g/mol. The Morgan fingerprint density at radius 3 is 2.38 bits per heavy atom. The van der Waals surface area contributed by atoms with Gasteiger partial charge in [-0.05, 0) is 29.8 Å². The van der Waals surface area contributed by atoms with Crippen molar-refractivity contribution in [3.8, 4) is 0 Å². The maximum Gasteiger partial charge on any atom is 0.269 e. The Bertz CT molecular complexity index is 946. The van der Waals surface area contributed by atoms with Gasteiger partial charge in [-0.3, -0.25) is 14.6 Å². The maximum absolute atomic E-state index is 13.3. The van der Waals surface area contributed by atoms with Crippen LogP contribution in [-0.4, -0.2) is 37.1 Å². The number of rotatable bonds is 8. The van der Waals surface area contributed by atoms with Crippen LogP contribution in [0.5, 0.6) is 0 Å². The minimum Gasteiger partial charge on any atom is -0.383 e. The molecule has 0 aliphatic carbocycles. The first-order valence-electron chi connectivity index (χ1n) is 9.33. The first kappa shape index (κ1) is 20.2. The number of methoxy groups -OCH3 is 1. The van der Waals surface area contributed by atoms with Gasteiger partial charge in [-0.25, -0.2) is 0 Å². The van der Waals surface area contributed by atoms with Crippen LogP contribution in [0.4, 0.5) is 5.69 Å². The second kappa shape index (κ2) is 10.1. The van der Waals surface area contributed by atoms with Gasteiger partial charge in [0.05, 0.1) is 13.2 Å². The lowest BCUT2D eigenvalue weighted by Gasteiger charge is -2.23. The van der Waals surface area contributed by atoms with Gasteiger partial charge in [-0.15, -0.1) is 0 Å². The summed E-state index contributed by atoms with van der Waals surface area (Å²) in [5, 5.41) is 2.72. The van der Waals surface area contributed by atoms with Gasteiger partial charge in [0.25, 0.3) is 11.8 Å². The van der Waals surface area contributed by atoms with Crippen molar-refractivity contribution < 1.29 is 14.3 Å². The fourth-order valence-corrected chi connectivity index (χ4v) is 2.86. The van der Waals surface area contributed by atoms with Gasteiger partial charge in [0.15, 0.2) is 0 Å². The van der Waals surface area contributed by atoms with Crippen molar-refractivity contribution in [2.75, 3.05) is 25.2 Å². The van der Waals surface area contributed by atoms with Crippen LogP contribution in [0.2, 0.25) is 0 Å². The highest BCUT2D eigenvalue weighted by atomic mass is 16.5. The van der Waals surface area contributed by atoms with Crippen molar-refractivity contribution in [2.24, 2.45) is 0 Å². The number of anilines is 1. The maximum atomic E-state index is 13.3. The number of pyridine rings is 1. The summed E-state index contributed by atoms with van der Waals surface area (Å²) >= 11 is 0. The SMILES string of the molecule is COCCNC(=O)c1cc(C(=O)N(Cc2ccccc2)c2ccccc2)ccn1. The highest BCUT2D eigenvalue weighted by Crippen LogP contribution is 2.20. The second-order valence-corrected chi connectivity index (χ2v) is 6.39. The smallest absolute Gasteiger partial charge is 0.269 e. The van der Waals surface area contributed by atoms with Gasteiger partial charge >= 0.3 is 0 Å². The topological polar surface area (TPSA) is 71.5 Å². The van der Waals surface area contributed by atoms with Crippen LogP contribution in [0, 0.1) is 0 Å². The van der Waals surface area contributed by atoms with E-state index >= 15 is 0 Å². The summed E-state index contributed by atoms with van der Waals surface area (Å²) in [7, 11) is 1.56. The Balaban J connectivity index is 1.86. The van der Waals surface area contributed by atoms with E-state index in [2.05, 4.69) is 10.3 Å². The van der Waals surface area contributed by atoms with Crippen molar-refractivity contribution in [1.82, 2.24) is 10.3 Å². The van der Waals surface area contributed by atoms with Gasteiger partial charge in [0.1, 0.15) is 5.69 Å². The Morgan fingerprint density at radius 2 is 1.69 bits per heavy atom. The minimum absolute atomic E-state index is 0.194. The number of benzene rings is 2. The summed E-state index contributed by atoms with van der Waals surface area (Å²) in [6.07, 6.45) is 1.48. The van der Waals surface area contributed by atoms with E-state index < -0.39 is 0 Å². The summed E-state index contributed by atoms with van der Waals surface area (Å²) in [5.41, 5.74) is 2.39. The summed E-state index contributed by atoms with van der Waals surface area (Å²) in [4.78, 5) is 31.4. The molecule has 2 amide bonds. The normalized spacial score (nSPS) is 10.4. The fourth-order valence-electron chi connectivity index (χ4n) is 2.86. The van der Waals surface area contributed by atoms with E-state index in [1.165, 1.54) is 12.3 Å². The third kappa shape index (κ3) is 5.49. The largest absolute Gasteiger partial charge is 0.383 e. The number of hydrogen-bond donors (Lipinski definition) is 1. The molecule has 0 saturated carbocycles. The second-order valence-electron chi connectivity index (χ2n) is 6.39. The zero-order chi connectivity index (χ0) is 20.5. The number of amides is 2. The molecular formula is C23H23N3O3. The molecule has 0 radical (unpaired) electrons. The van der Waals surface area contributed by atoms with Gasteiger partial charge < -0.3 is 15.0 Å². The number of carbonyl (C=O) groups excluding carboxylic acids is 2. The summed E-state index contributed by atoms with van der Waals surface area (Å²) in [6.45, 7) is 1.20. The molecule has 1 aromatic heterocycles. The molecule has 3 aromatic rings. The number of hydrogen-bond acceptors (Lipinski definition) is 4. The number of para-hydroxylation sites is 1. The lowest BCUT2D eigenvalue weighted by molar-refractivity contribution is 0.0932. The first-order chi connectivity index (χ1) is 14.2. The third-order valence-corrected chi connectivity index (χ3v) is 4.33. The average molecular weight is 389 g/mol. The lowest BCUT2D eigenvalue weighted by atomic mass is 10.1. The van der Waals surface area contributed by atoms with Gasteiger partial charge in [-0.1, -0.05) is 48.5 Å². The molecule has 3 rings (SSSR count). The number of nitrogens with one attached hydrogen (secondary N) is 1. The van der Waals surface area contributed by atoms with E-state index in [0.29, 0.717) is 25.3 Å². The summed E-state index contributed by atoms with van der Waals surface area (Å²) in [5.74, 6) is -0.542. The molecule has 6 heteroatoms. The number of carbonyl (C=O) groups is 2. The van der Waals surface area contributed by atoms with Crippen molar-refractivity contribution in [3.63, 3.8) is 0 Å². The van der Waals surface area contributed by atoms with Crippen LogP contribution in [-0.2, 0) is 11.3 Å². The van der Waals surface area contributed by atoms with E-state index in [1.807, 2.05) is 60.7 Å². The predicted molar refractivity (Wildman–Crippen MR) is 112 cm³/mol. The Hall–Kier alpha value is -3.51. The van der Waals surface area contributed by atoms with Crippen LogP contribution in [0.3, 0.4) is 0 Å². The summed E-state index contributed by atoms with van der Waals surface area (Å²) in [6, 6.07) is 22.4. The molecule has 0 aliphatic heterocycles. The molecule has 29 heavy (non-hydrogen) atoms. The van der Waals surface area contributed by atoms with Crippen LogP contribution in [0.25, 0.3) is 0 Å². The summed E-state index contributed by atoms with van der Waals surface area (Å²) < 4.78 is 4.93. The zero-order valence-electron chi connectivity index (χ0n) is 16.2. The van der Waals surface area contributed by atoms with Gasteiger partial charge in [-0.2, -0.15) is 0 Å². The number of nitrogens with zero attached hydrogens (tertiary/aromatic N) is 2. The first-order valence-corrected chi connectivity index (χ1v) is 9.33. The van der Waals surface area contributed by atoms with Crippen LogP contribution < -0.4 is 10.2 Å². The Kier molecular flexibility index (Phi) is 7.08. The van der Waals surface area contributed by atoms with Crippen molar-refractivity contribution in [3.05, 3.63) is 95.8 Å². The van der Waals surface area contributed by atoms with Crippen LogP contribution >= 0.6 is 0 Å². The molecule has 0 fully saturated rings. The molecule has 0 aliphatic rings. The molecule has 0 bridgehead atoms. The number of aromatic nitrogens is 1. The quantitative estimate of drug-likeness (QED) is 0.600. The molecule has 6 nitrogen and oxygen atoms in total. The molecule has 148 valence electrons. The van der Waals surface area contributed by atoms with Crippen molar-refractivity contribution in [1.29, 1.82) is 0 Å². The van der Waals surface area contributed by atoms with Crippen LogP contribution in [0.1, 0.15) is 26.4 Å². The molecule has 1 N–H and O–H groups in total. The Labute approximate surface area is 170 Å². The molecule has 0 spiro atoms. The van der Waals surface area contributed by atoms with E-state index in [0.717, 1.165) is 11.3 Å². The monoisotopic (exact) mass is 389 g/mol. The standard InChI is InChI=1S/C23H23N3O3/c1-29-15-14-25-22(27)21-16-19(12-13-24-21)23(28)26(20-10-6-3-7-11-20)17-18-8-4-2-5-9-18/h2-13,16H,14-15,17H2,1H3,(H,25,27). The molecule has 1 heterocycles. The zero-order valence-corrected chi connectivity index (χ0v) is 16.2. The molecule has 0 saturated heterocycles. The van der Waals surface area contributed by atoms with Crippen molar-refractivity contribution in [2.45, 2.75) is 6.54 Å². The van der Waals surface area contributed by atoms with Crippen LogP contribution in [0.15, 0.2) is 79.0 Å². The molecule has 0 unspecified atom stereocenters. The lowest BCUT2D eigenvalue weighted by Crippen LogP contribution is -2.31. The van der Waals surface area contributed by atoms with E-state index in [1.54, 1.807) is 18.1 Å². The molecule has 2 aromatic carbocycles. The molecule has 0 atom stereocenters. The van der Waals surface area contributed by atoms with E-state index in [4.69, 9.17) is 4.74 Å². The highest BCUT2D eigenvalue weighted by Gasteiger charge is 2.20. The fraction of sp³-hybridized carbons (Fsp3) is 0.174. The Morgan fingerprint density at radius 1 is 1.00 bits per heavy atom. The number of ether oxygens (including phenoxy) is 1. The highest BCUT2D eigenvalue weighted by molar-refractivity contribution is 6.07. The van der Waals surface area contributed by atoms with Gasteiger partial charge in [0, 0.05) is 31.1 Å². The predicted octanol–water partition coefficient (Wildman–Crippen LogP) is 3.30.